The lowest BCUT2D eigenvalue weighted by molar-refractivity contribution is 0.0980. The Labute approximate surface area is 135 Å². The fraction of sp³-hybridized carbons (Fsp3) is 0.500. The molecule has 0 aliphatic carbocycles. The van der Waals surface area contributed by atoms with Crippen molar-refractivity contribution in [1.29, 1.82) is 0 Å². The fourth-order valence-corrected chi connectivity index (χ4v) is 2.66. The molecule has 1 aromatic rings. The minimum absolute atomic E-state index is 0.167. The molecule has 1 nitrogen and oxygen atoms in total. The number of ketones is 1. The number of benzene rings is 1. The van der Waals surface area contributed by atoms with Gasteiger partial charge in [-0.1, -0.05) is 45.5 Å². The minimum Gasteiger partial charge on any atom is -0.294 e. The van der Waals surface area contributed by atoms with Gasteiger partial charge >= 0.3 is 0 Å². The molecule has 0 atom stereocenters. The summed E-state index contributed by atoms with van der Waals surface area (Å²) in [6.07, 6.45) is 2.17. The van der Waals surface area contributed by atoms with Gasteiger partial charge in [0.05, 0.1) is 0 Å². The summed E-state index contributed by atoms with van der Waals surface area (Å²) in [7, 11) is -1.51. The van der Waals surface area contributed by atoms with E-state index in [9.17, 15) is 4.79 Å². The molecular weight excluding hydrogens is 296 g/mol. The number of hydrogen-bond donors (Lipinski definition) is 0. The van der Waals surface area contributed by atoms with Crippen LogP contribution in [0.25, 0.3) is 0 Å². The van der Waals surface area contributed by atoms with Crippen molar-refractivity contribution in [2.45, 2.75) is 58.2 Å². The van der Waals surface area contributed by atoms with E-state index in [0.717, 1.165) is 18.4 Å². The molecule has 0 radical (unpaired) electrons. The van der Waals surface area contributed by atoms with Crippen LogP contribution in [0, 0.1) is 11.5 Å². The second kappa shape index (κ2) is 7.29. The molecule has 0 N–H and O–H groups in total. The molecule has 0 amide bonds. The standard InChI is InChI=1S/C18H25ClOSi/c1-18(2,3)21(4,5)14-8-6-7-9-17(20)15-10-12-16(19)13-11-15/h10-13H,6-7,9H2,1-5H3. The van der Waals surface area contributed by atoms with Gasteiger partial charge in [-0.05, 0) is 35.7 Å². The highest BCUT2D eigenvalue weighted by Gasteiger charge is 2.33. The van der Waals surface area contributed by atoms with Crippen LogP contribution in [0.4, 0.5) is 0 Å². The van der Waals surface area contributed by atoms with Gasteiger partial charge in [0, 0.05) is 23.4 Å². The molecule has 0 fully saturated rings. The van der Waals surface area contributed by atoms with E-state index in [-0.39, 0.29) is 5.78 Å². The normalized spacial score (nSPS) is 11.7. The van der Waals surface area contributed by atoms with Crippen molar-refractivity contribution in [2.75, 3.05) is 0 Å². The Hall–Kier alpha value is -1.04. The van der Waals surface area contributed by atoms with E-state index in [0.29, 0.717) is 16.5 Å². The Morgan fingerprint density at radius 3 is 2.29 bits per heavy atom. The summed E-state index contributed by atoms with van der Waals surface area (Å²) in [4.78, 5) is 12.0. The highest BCUT2D eigenvalue weighted by molar-refractivity contribution is 6.87. The first-order chi connectivity index (χ1) is 9.63. The SMILES string of the molecule is CC(C)(C)[Si](C)(C)C#CCCCC(=O)c1ccc(Cl)cc1. The van der Waals surface area contributed by atoms with Crippen molar-refractivity contribution in [3.63, 3.8) is 0 Å². The van der Waals surface area contributed by atoms with E-state index in [4.69, 9.17) is 11.6 Å². The Bertz CT molecular complexity index is 541. The average Bonchev–Trinajstić information content (AvgIpc) is 2.37. The Balaban J connectivity index is 2.45. The molecule has 1 rings (SSSR count). The van der Waals surface area contributed by atoms with Gasteiger partial charge in [-0.15, -0.1) is 11.5 Å². The summed E-state index contributed by atoms with van der Waals surface area (Å²) in [5.41, 5.74) is 4.21. The second-order valence-electron chi connectivity index (χ2n) is 6.96. The highest BCUT2D eigenvalue weighted by atomic mass is 35.5. The fourth-order valence-electron chi connectivity index (χ4n) is 1.59. The third-order valence-electron chi connectivity index (χ3n) is 4.15. The van der Waals surface area contributed by atoms with Crippen molar-refractivity contribution < 1.29 is 4.79 Å². The molecule has 0 aliphatic rings. The molecule has 0 heterocycles. The second-order valence-corrected chi connectivity index (χ2v) is 12.4. The molecule has 1 aromatic carbocycles. The summed E-state index contributed by atoms with van der Waals surface area (Å²) in [6, 6.07) is 7.08. The predicted molar refractivity (Wildman–Crippen MR) is 94.6 cm³/mol. The van der Waals surface area contributed by atoms with Crippen molar-refractivity contribution in [3.8, 4) is 11.5 Å². The molecule has 0 saturated carbocycles. The van der Waals surface area contributed by atoms with E-state index >= 15 is 0 Å². The van der Waals surface area contributed by atoms with Gasteiger partial charge in [0.1, 0.15) is 8.07 Å². The summed E-state index contributed by atoms with van der Waals surface area (Å²) in [6.45, 7) is 11.4. The first-order valence-corrected chi connectivity index (χ1v) is 10.8. The maximum Gasteiger partial charge on any atom is 0.162 e. The number of hydrogen-bond acceptors (Lipinski definition) is 1. The Morgan fingerprint density at radius 2 is 1.76 bits per heavy atom. The van der Waals surface area contributed by atoms with Gasteiger partial charge in [-0.2, -0.15) is 0 Å². The molecule has 0 spiro atoms. The van der Waals surface area contributed by atoms with Crippen LogP contribution in [-0.4, -0.2) is 13.9 Å². The summed E-state index contributed by atoms with van der Waals surface area (Å²) in [5, 5.41) is 0.950. The van der Waals surface area contributed by atoms with E-state index in [1.807, 2.05) is 0 Å². The zero-order valence-electron chi connectivity index (χ0n) is 13.7. The summed E-state index contributed by atoms with van der Waals surface area (Å²) >= 11 is 5.82. The van der Waals surface area contributed by atoms with Crippen molar-refractivity contribution in [1.82, 2.24) is 0 Å². The number of carbonyl (C=O) groups excluding carboxylic acids is 1. The molecule has 0 bridgehead atoms. The van der Waals surface area contributed by atoms with Gasteiger partial charge in [-0.3, -0.25) is 4.79 Å². The maximum atomic E-state index is 12.0. The summed E-state index contributed by atoms with van der Waals surface area (Å²) < 4.78 is 0. The molecule has 114 valence electrons. The van der Waals surface area contributed by atoms with Crippen LogP contribution < -0.4 is 0 Å². The lowest BCUT2D eigenvalue weighted by Crippen LogP contribution is -2.35. The molecule has 0 unspecified atom stereocenters. The summed E-state index contributed by atoms with van der Waals surface area (Å²) in [5.74, 6) is 3.45. The number of Topliss-reactive ketones (excluding diaryl/α,β-unsaturated/α-hetero) is 1. The lowest BCUT2D eigenvalue weighted by Gasteiger charge is -2.31. The predicted octanol–water partition coefficient (Wildman–Crippen LogP) is 5.74. The smallest absolute Gasteiger partial charge is 0.162 e. The zero-order chi connectivity index (χ0) is 16.1. The first-order valence-electron chi connectivity index (χ1n) is 7.42. The van der Waals surface area contributed by atoms with Gasteiger partial charge in [0.2, 0.25) is 0 Å². The highest BCUT2D eigenvalue weighted by Crippen LogP contribution is 2.35. The van der Waals surface area contributed by atoms with Crippen LogP contribution in [0.1, 0.15) is 50.4 Å². The van der Waals surface area contributed by atoms with Gasteiger partial charge in [0.15, 0.2) is 5.78 Å². The van der Waals surface area contributed by atoms with Crippen LogP contribution in [0.5, 0.6) is 0 Å². The molecule has 0 saturated heterocycles. The van der Waals surface area contributed by atoms with Crippen molar-refractivity contribution in [3.05, 3.63) is 34.9 Å². The molecular formula is C18H25ClOSi. The van der Waals surface area contributed by atoms with Crippen LogP contribution in [0.3, 0.4) is 0 Å². The van der Waals surface area contributed by atoms with Crippen LogP contribution in [-0.2, 0) is 0 Å². The first kappa shape index (κ1) is 18.0. The average molecular weight is 321 g/mol. The Morgan fingerprint density at radius 1 is 1.19 bits per heavy atom. The van der Waals surface area contributed by atoms with Crippen molar-refractivity contribution in [2.24, 2.45) is 0 Å². The zero-order valence-corrected chi connectivity index (χ0v) is 15.5. The number of halogens is 1. The molecule has 0 aliphatic heterocycles. The third kappa shape index (κ3) is 5.69. The molecule has 0 aromatic heterocycles. The van der Waals surface area contributed by atoms with E-state index in [1.54, 1.807) is 24.3 Å². The maximum absolute atomic E-state index is 12.0. The van der Waals surface area contributed by atoms with Gasteiger partial charge < -0.3 is 0 Å². The molecule has 21 heavy (non-hydrogen) atoms. The third-order valence-corrected chi connectivity index (χ3v) is 8.95. The Kier molecular flexibility index (Phi) is 6.25. The van der Waals surface area contributed by atoms with E-state index in [2.05, 4.69) is 45.3 Å². The largest absolute Gasteiger partial charge is 0.294 e. The monoisotopic (exact) mass is 320 g/mol. The van der Waals surface area contributed by atoms with Gasteiger partial charge in [0.25, 0.3) is 0 Å². The number of rotatable bonds is 4. The van der Waals surface area contributed by atoms with E-state index in [1.165, 1.54) is 0 Å². The van der Waals surface area contributed by atoms with Crippen LogP contribution in [0.15, 0.2) is 24.3 Å². The minimum atomic E-state index is -1.51. The topological polar surface area (TPSA) is 17.1 Å². The van der Waals surface area contributed by atoms with Crippen molar-refractivity contribution >= 4 is 25.5 Å². The number of carbonyl (C=O) groups is 1. The van der Waals surface area contributed by atoms with Crippen LogP contribution >= 0.6 is 11.6 Å². The lowest BCUT2D eigenvalue weighted by atomic mass is 10.1. The van der Waals surface area contributed by atoms with E-state index < -0.39 is 8.07 Å². The quantitative estimate of drug-likeness (QED) is 0.299. The van der Waals surface area contributed by atoms with Gasteiger partial charge in [-0.25, -0.2) is 0 Å². The van der Waals surface area contributed by atoms with Crippen LogP contribution in [0.2, 0.25) is 23.2 Å². The number of unbranched alkanes of at least 4 members (excludes halogenated alkanes) is 1. The molecule has 3 heteroatoms.